The number of hydrogen-bond acceptors (Lipinski definition) is 5. The van der Waals surface area contributed by atoms with Gasteiger partial charge in [-0.3, -0.25) is 14.4 Å². The first-order valence-electron chi connectivity index (χ1n) is 12.6. The Balaban J connectivity index is 1.87. The lowest BCUT2D eigenvalue weighted by molar-refractivity contribution is -0.146. The zero-order valence-electron chi connectivity index (χ0n) is 22.4. The van der Waals surface area contributed by atoms with Crippen molar-refractivity contribution in [1.29, 1.82) is 0 Å². The predicted octanol–water partition coefficient (Wildman–Crippen LogP) is 2.38. The SMILES string of the molecule is Cc1cc(C[C@H](NC(=O)[C@](C)(Cc2ccccc2)N(C)C(=O)[C@@H](N)Cc2ccc(F)cc2)C(N)=O)ccc1O. The van der Waals surface area contributed by atoms with Gasteiger partial charge in [-0.05, 0) is 60.7 Å². The van der Waals surface area contributed by atoms with Crippen molar-refractivity contribution in [2.45, 2.75) is 50.7 Å². The molecule has 0 saturated carbocycles. The smallest absolute Gasteiger partial charge is 0.246 e. The summed E-state index contributed by atoms with van der Waals surface area (Å²) in [5, 5.41) is 12.6. The number of benzene rings is 3. The van der Waals surface area contributed by atoms with Gasteiger partial charge in [0.15, 0.2) is 0 Å². The number of carbonyl (C=O) groups excluding carboxylic acids is 3. The van der Waals surface area contributed by atoms with E-state index in [-0.39, 0.29) is 25.0 Å². The van der Waals surface area contributed by atoms with Crippen molar-refractivity contribution < 1.29 is 23.9 Å². The first kappa shape index (κ1) is 29.3. The highest BCUT2D eigenvalue weighted by Crippen LogP contribution is 2.23. The third-order valence-electron chi connectivity index (χ3n) is 6.99. The van der Waals surface area contributed by atoms with Crippen LogP contribution in [0, 0.1) is 12.7 Å². The molecule has 9 heteroatoms. The van der Waals surface area contributed by atoms with E-state index >= 15 is 0 Å². The Morgan fingerprint density at radius 2 is 1.59 bits per heavy atom. The number of rotatable bonds is 11. The van der Waals surface area contributed by atoms with Gasteiger partial charge in [-0.2, -0.15) is 0 Å². The molecule has 3 aromatic rings. The summed E-state index contributed by atoms with van der Waals surface area (Å²) >= 11 is 0. The largest absolute Gasteiger partial charge is 0.508 e. The molecule has 8 nitrogen and oxygen atoms in total. The molecule has 3 amide bonds. The first-order chi connectivity index (χ1) is 18.4. The predicted molar refractivity (Wildman–Crippen MR) is 147 cm³/mol. The van der Waals surface area contributed by atoms with Gasteiger partial charge in [0.25, 0.3) is 0 Å². The van der Waals surface area contributed by atoms with Crippen LogP contribution in [0.3, 0.4) is 0 Å². The number of nitrogens with two attached hydrogens (primary N) is 2. The van der Waals surface area contributed by atoms with Gasteiger partial charge in [0, 0.05) is 19.9 Å². The second kappa shape index (κ2) is 12.5. The Hall–Kier alpha value is -4.24. The Morgan fingerprint density at radius 1 is 0.974 bits per heavy atom. The molecule has 0 aromatic heterocycles. The molecule has 3 rings (SSSR count). The molecule has 0 saturated heterocycles. The molecule has 6 N–H and O–H groups in total. The maximum Gasteiger partial charge on any atom is 0.246 e. The Labute approximate surface area is 227 Å². The van der Waals surface area contributed by atoms with Crippen molar-refractivity contribution in [3.8, 4) is 5.75 Å². The van der Waals surface area contributed by atoms with Crippen molar-refractivity contribution in [2.75, 3.05) is 7.05 Å². The van der Waals surface area contributed by atoms with E-state index in [0.29, 0.717) is 16.7 Å². The van der Waals surface area contributed by atoms with Crippen molar-refractivity contribution in [3.05, 3.63) is 101 Å². The fourth-order valence-electron chi connectivity index (χ4n) is 4.41. The zero-order chi connectivity index (χ0) is 28.7. The molecule has 0 unspecified atom stereocenters. The number of nitrogens with one attached hydrogen (secondary N) is 1. The number of phenols is 1. The molecule has 0 aliphatic carbocycles. The molecule has 0 radical (unpaired) electrons. The van der Waals surface area contributed by atoms with Crippen LogP contribution in [0.1, 0.15) is 29.2 Å². The van der Waals surface area contributed by atoms with Gasteiger partial charge >= 0.3 is 0 Å². The first-order valence-corrected chi connectivity index (χ1v) is 12.6. The van der Waals surface area contributed by atoms with E-state index < -0.39 is 41.2 Å². The number of aromatic hydroxyl groups is 1. The molecule has 0 aliphatic heterocycles. The van der Waals surface area contributed by atoms with Crippen molar-refractivity contribution >= 4 is 17.7 Å². The zero-order valence-corrected chi connectivity index (χ0v) is 22.4. The van der Waals surface area contributed by atoms with Crippen LogP contribution in [0.4, 0.5) is 4.39 Å². The fourth-order valence-corrected chi connectivity index (χ4v) is 4.41. The standard InChI is InChI=1S/C30H35FN4O4/c1-19-15-22(11-14-26(19)36)17-25(27(33)37)34-29(39)30(2,18-21-7-5-4-6-8-21)35(3)28(38)24(32)16-20-9-12-23(31)13-10-20/h4-15,24-25,36H,16-18,32H2,1-3H3,(H2,33,37)(H,34,39)/t24-,25-,30-/m0/s1. The second-order valence-corrected chi connectivity index (χ2v) is 10.0. The summed E-state index contributed by atoms with van der Waals surface area (Å²) in [5.74, 6) is -2.08. The maximum atomic E-state index is 13.8. The molecule has 0 fully saturated rings. The van der Waals surface area contributed by atoms with Crippen LogP contribution in [0.15, 0.2) is 72.8 Å². The van der Waals surface area contributed by atoms with Crippen LogP contribution in [0.2, 0.25) is 0 Å². The average molecular weight is 535 g/mol. The van der Waals surface area contributed by atoms with Crippen LogP contribution < -0.4 is 16.8 Å². The quantitative estimate of drug-likeness (QED) is 0.299. The van der Waals surface area contributed by atoms with Crippen LogP contribution in [-0.2, 0) is 33.6 Å². The molecule has 3 atom stereocenters. The Morgan fingerprint density at radius 3 is 2.18 bits per heavy atom. The van der Waals surface area contributed by atoms with Gasteiger partial charge in [0.05, 0.1) is 6.04 Å². The molecular weight excluding hydrogens is 499 g/mol. The van der Waals surface area contributed by atoms with E-state index in [4.69, 9.17) is 11.5 Å². The number of nitrogens with zero attached hydrogens (tertiary/aromatic N) is 1. The van der Waals surface area contributed by atoms with Gasteiger partial charge in [0.2, 0.25) is 17.7 Å². The summed E-state index contributed by atoms with van der Waals surface area (Å²) in [7, 11) is 1.50. The van der Waals surface area contributed by atoms with Gasteiger partial charge in [-0.15, -0.1) is 0 Å². The molecule has 0 heterocycles. The van der Waals surface area contributed by atoms with Crippen molar-refractivity contribution in [3.63, 3.8) is 0 Å². The summed E-state index contributed by atoms with van der Waals surface area (Å²) in [6.45, 7) is 3.34. The van der Waals surface area contributed by atoms with E-state index in [1.54, 1.807) is 38.1 Å². The molecule has 39 heavy (non-hydrogen) atoms. The second-order valence-electron chi connectivity index (χ2n) is 10.0. The van der Waals surface area contributed by atoms with Gasteiger partial charge < -0.3 is 26.8 Å². The van der Waals surface area contributed by atoms with Gasteiger partial charge in [-0.25, -0.2) is 4.39 Å². The van der Waals surface area contributed by atoms with Gasteiger partial charge in [0.1, 0.15) is 23.1 Å². The minimum atomic E-state index is -1.43. The molecule has 0 aliphatic rings. The summed E-state index contributed by atoms with van der Waals surface area (Å²) in [6.07, 6.45) is 0.400. The highest BCUT2D eigenvalue weighted by Gasteiger charge is 2.42. The van der Waals surface area contributed by atoms with Crippen molar-refractivity contribution in [1.82, 2.24) is 10.2 Å². The minimum Gasteiger partial charge on any atom is -0.508 e. The third-order valence-corrected chi connectivity index (χ3v) is 6.99. The maximum absolute atomic E-state index is 13.8. The number of carbonyl (C=O) groups is 3. The number of primary amides is 1. The van der Waals surface area contributed by atoms with E-state index in [0.717, 1.165) is 5.56 Å². The van der Waals surface area contributed by atoms with Crippen LogP contribution in [0.25, 0.3) is 0 Å². The lowest BCUT2D eigenvalue weighted by Gasteiger charge is -2.39. The number of halogens is 1. The fraction of sp³-hybridized carbons (Fsp3) is 0.300. The molecule has 206 valence electrons. The van der Waals surface area contributed by atoms with Crippen LogP contribution >= 0.6 is 0 Å². The van der Waals surface area contributed by atoms with Crippen LogP contribution in [-0.4, -0.2) is 52.4 Å². The molecular formula is C30H35FN4O4. The number of aryl methyl sites for hydroxylation is 1. The normalized spacial score (nSPS) is 14.1. The summed E-state index contributed by atoms with van der Waals surface area (Å²) in [6, 6.07) is 17.7. The van der Waals surface area contributed by atoms with E-state index in [9.17, 15) is 23.9 Å². The number of amides is 3. The van der Waals surface area contributed by atoms with E-state index in [2.05, 4.69) is 5.32 Å². The topological polar surface area (TPSA) is 139 Å². The van der Waals surface area contributed by atoms with Gasteiger partial charge in [-0.1, -0.05) is 54.6 Å². The van der Waals surface area contributed by atoms with E-state index in [1.165, 1.54) is 30.1 Å². The molecule has 0 spiro atoms. The molecule has 3 aromatic carbocycles. The summed E-state index contributed by atoms with van der Waals surface area (Å²) in [5.41, 5.74) is 13.3. The van der Waals surface area contributed by atoms with Crippen molar-refractivity contribution in [2.24, 2.45) is 11.5 Å². The third kappa shape index (κ3) is 7.42. The number of likely N-dealkylation sites (N-methyl/N-ethyl adjacent to an activating group) is 1. The Kier molecular flexibility index (Phi) is 9.42. The number of phenolic OH excluding ortho intramolecular Hbond substituents is 1. The van der Waals surface area contributed by atoms with E-state index in [1.807, 2.05) is 30.3 Å². The highest BCUT2D eigenvalue weighted by molar-refractivity contribution is 5.95. The highest BCUT2D eigenvalue weighted by atomic mass is 19.1. The summed E-state index contributed by atoms with van der Waals surface area (Å²) in [4.78, 5) is 40.9. The number of hydrogen-bond donors (Lipinski definition) is 4. The monoisotopic (exact) mass is 534 g/mol. The minimum absolute atomic E-state index is 0.103. The lowest BCUT2D eigenvalue weighted by Crippen LogP contribution is -2.63. The lowest BCUT2D eigenvalue weighted by atomic mass is 9.88. The average Bonchev–Trinajstić information content (AvgIpc) is 2.91. The van der Waals surface area contributed by atoms with Crippen LogP contribution in [0.5, 0.6) is 5.75 Å². The Bertz CT molecular complexity index is 1320. The summed E-state index contributed by atoms with van der Waals surface area (Å²) < 4.78 is 13.3. The molecule has 0 bridgehead atoms.